The lowest BCUT2D eigenvalue weighted by Gasteiger charge is -2.25. The monoisotopic (exact) mass is 239 g/mol. The van der Waals surface area contributed by atoms with Crippen LogP contribution < -0.4 is 5.73 Å². The van der Waals surface area contributed by atoms with Gasteiger partial charge in [0, 0.05) is 24.2 Å². The average Bonchev–Trinajstić information content (AvgIpc) is 3.10. The zero-order valence-corrected chi connectivity index (χ0v) is 10.2. The van der Waals surface area contributed by atoms with Crippen molar-refractivity contribution in [3.63, 3.8) is 0 Å². The molecule has 1 aliphatic rings. The van der Waals surface area contributed by atoms with E-state index in [1.54, 1.807) is 6.20 Å². The molecule has 0 aliphatic heterocycles. The maximum absolute atomic E-state index is 10.3. The quantitative estimate of drug-likeness (QED) is 0.592. The predicted octanol–water partition coefficient (Wildman–Crippen LogP) is 0.977. The fourth-order valence-electron chi connectivity index (χ4n) is 1.65. The Morgan fingerprint density at radius 3 is 2.94 bits per heavy atom. The highest BCUT2D eigenvalue weighted by molar-refractivity contribution is 7.99. The van der Waals surface area contributed by atoms with Crippen LogP contribution in [0.4, 0.5) is 0 Å². The van der Waals surface area contributed by atoms with Crippen LogP contribution in [0.5, 0.6) is 0 Å². The van der Waals surface area contributed by atoms with E-state index in [2.05, 4.69) is 9.97 Å². The predicted molar refractivity (Wildman–Crippen MR) is 64.2 cm³/mol. The van der Waals surface area contributed by atoms with Crippen LogP contribution in [0.25, 0.3) is 0 Å². The lowest BCUT2D eigenvalue weighted by molar-refractivity contribution is 0.0509. The molecule has 88 valence electrons. The van der Waals surface area contributed by atoms with Crippen molar-refractivity contribution in [1.29, 1.82) is 0 Å². The normalized spacial score (nSPS) is 19.4. The van der Waals surface area contributed by atoms with Crippen molar-refractivity contribution in [2.75, 3.05) is 12.3 Å². The molecule has 1 saturated carbocycles. The van der Waals surface area contributed by atoms with Crippen LogP contribution >= 0.6 is 11.8 Å². The van der Waals surface area contributed by atoms with Gasteiger partial charge < -0.3 is 10.8 Å². The van der Waals surface area contributed by atoms with Gasteiger partial charge in [-0.05, 0) is 31.7 Å². The number of hydrogen-bond acceptors (Lipinski definition) is 5. The molecule has 4 nitrogen and oxygen atoms in total. The molecular weight excluding hydrogens is 222 g/mol. The van der Waals surface area contributed by atoms with Crippen molar-refractivity contribution < 1.29 is 5.11 Å². The van der Waals surface area contributed by atoms with E-state index in [1.165, 1.54) is 11.8 Å². The number of thioether (sulfide) groups is 1. The first-order valence-electron chi connectivity index (χ1n) is 5.49. The summed E-state index contributed by atoms with van der Waals surface area (Å²) in [6, 6.07) is 1.86. The molecule has 2 rings (SSSR count). The van der Waals surface area contributed by atoms with Crippen molar-refractivity contribution in [3.8, 4) is 0 Å². The Kier molecular flexibility index (Phi) is 3.47. The minimum absolute atomic E-state index is 0.316. The van der Waals surface area contributed by atoms with E-state index in [0.29, 0.717) is 23.4 Å². The minimum Gasteiger partial charge on any atom is -0.387 e. The molecular formula is C11H17N3OS. The van der Waals surface area contributed by atoms with E-state index in [4.69, 9.17) is 5.73 Å². The second kappa shape index (κ2) is 4.69. The SMILES string of the molecule is Cc1ccnc(SCC(O)(CN)C2CC2)n1. The van der Waals surface area contributed by atoms with Crippen LogP contribution in [0.1, 0.15) is 18.5 Å². The number of aromatic nitrogens is 2. The summed E-state index contributed by atoms with van der Waals surface area (Å²) < 4.78 is 0. The van der Waals surface area contributed by atoms with Crippen molar-refractivity contribution in [3.05, 3.63) is 18.0 Å². The highest BCUT2D eigenvalue weighted by Gasteiger charge is 2.42. The summed E-state index contributed by atoms with van der Waals surface area (Å²) in [5.74, 6) is 0.951. The second-order valence-corrected chi connectivity index (χ2v) is 5.29. The van der Waals surface area contributed by atoms with Crippen LogP contribution in [0, 0.1) is 12.8 Å². The molecule has 1 fully saturated rings. The number of aryl methyl sites for hydroxylation is 1. The third-order valence-electron chi connectivity index (χ3n) is 2.91. The van der Waals surface area contributed by atoms with Gasteiger partial charge in [-0.2, -0.15) is 0 Å². The van der Waals surface area contributed by atoms with Crippen molar-refractivity contribution in [2.45, 2.75) is 30.5 Å². The van der Waals surface area contributed by atoms with Gasteiger partial charge in [0.25, 0.3) is 0 Å². The first-order chi connectivity index (χ1) is 7.64. The molecule has 3 N–H and O–H groups in total. The number of hydrogen-bond donors (Lipinski definition) is 2. The molecule has 1 unspecified atom stereocenters. The van der Waals surface area contributed by atoms with E-state index >= 15 is 0 Å². The first kappa shape index (κ1) is 11.8. The summed E-state index contributed by atoms with van der Waals surface area (Å²) in [5, 5.41) is 11.0. The summed E-state index contributed by atoms with van der Waals surface area (Å²) >= 11 is 1.48. The summed E-state index contributed by atoms with van der Waals surface area (Å²) in [4.78, 5) is 8.45. The summed E-state index contributed by atoms with van der Waals surface area (Å²) in [7, 11) is 0. The third-order valence-corrected chi connectivity index (χ3v) is 4.01. The van der Waals surface area contributed by atoms with E-state index in [1.807, 2.05) is 13.0 Å². The highest BCUT2D eigenvalue weighted by atomic mass is 32.2. The van der Waals surface area contributed by atoms with Gasteiger partial charge in [0.15, 0.2) is 5.16 Å². The van der Waals surface area contributed by atoms with Gasteiger partial charge in [0.05, 0.1) is 5.60 Å². The Balaban J connectivity index is 1.95. The number of rotatable bonds is 5. The van der Waals surface area contributed by atoms with Crippen molar-refractivity contribution >= 4 is 11.8 Å². The Morgan fingerprint density at radius 1 is 1.62 bits per heavy atom. The zero-order chi connectivity index (χ0) is 11.6. The molecule has 0 bridgehead atoms. The van der Waals surface area contributed by atoms with Crippen LogP contribution in [-0.4, -0.2) is 33.0 Å². The van der Waals surface area contributed by atoms with E-state index < -0.39 is 5.60 Å². The summed E-state index contributed by atoms with van der Waals surface area (Å²) in [6.45, 7) is 2.25. The Morgan fingerprint density at radius 2 is 2.38 bits per heavy atom. The molecule has 16 heavy (non-hydrogen) atoms. The maximum atomic E-state index is 10.3. The third kappa shape index (κ3) is 2.72. The molecule has 1 atom stereocenters. The Labute approximate surface area is 99.7 Å². The van der Waals surface area contributed by atoms with Gasteiger partial charge in [-0.15, -0.1) is 0 Å². The van der Waals surface area contributed by atoms with Crippen molar-refractivity contribution in [2.24, 2.45) is 11.7 Å². The highest BCUT2D eigenvalue weighted by Crippen LogP contribution is 2.41. The first-order valence-corrected chi connectivity index (χ1v) is 6.47. The lowest BCUT2D eigenvalue weighted by atomic mass is 10.0. The molecule has 0 saturated heterocycles. The molecule has 0 radical (unpaired) electrons. The molecule has 5 heteroatoms. The Bertz CT molecular complexity index is 370. The van der Waals surface area contributed by atoms with Gasteiger partial charge >= 0.3 is 0 Å². The van der Waals surface area contributed by atoms with Gasteiger partial charge in [-0.3, -0.25) is 0 Å². The smallest absolute Gasteiger partial charge is 0.187 e. The van der Waals surface area contributed by atoms with Gasteiger partial charge in [0.2, 0.25) is 0 Å². The van der Waals surface area contributed by atoms with Crippen LogP contribution in [-0.2, 0) is 0 Å². The zero-order valence-electron chi connectivity index (χ0n) is 9.39. The van der Waals surface area contributed by atoms with Crippen LogP contribution in [0.3, 0.4) is 0 Å². The van der Waals surface area contributed by atoms with Crippen LogP contribution in [0.15, 0.2) is 17.4 Å². The molecule has 1 heterocycles. The van der Waals surface area contributed by atoms with E-state index in [0.717, 1.165) is 18.5 Å². The molecule has 1 aliphatic carbocycles. The molecule has 0 amide bonds. The van der Waals surface area contributed by atoms with Gasteiger partial charge in [-0.25, -0.2) is 9.97 Å². The van der Waals surface area contributed by atoms with Gasteiger partial charge in [0.1, 0.15) is 0 Å². The average molecular weight is 239 g/mol. The molecule has 1 aromatic heterocycles. The van der Waals surface area contributed by atoms with Crippen molar-refractivity contribution in [1.82, 2.24) is 9.97 Å². The summed E-state index contributed by atoms with van der Waals surface area (Å²) in [6.07, 6.45) is 3.91. The molecule has 0 spiro atoms. The summed E-state index contributed by atoms with van der Waals surface area (Å²) in [5.41, 5.74) is 5.84. The number of nitrogens with two attached hydrogens (primary N) is 1. The van der Waals surface area contributed by atoms with E-state index in [-0.39, 0.29) is 0 Å². The molecule has 0 aromatic carbocycles. The second-order valence-electron chi connectivity index (χ2n) is 4.35. The topological polar surface area (TPSA) is 72.0 Å². The fraction of sp³-hybridized carbons (Fsp3) is 0.636. The largest absolute Gasteiger partial charge is 0.387 e. The molecule has 1 aromatic rings. The maximum Gasteiger partial charge on any atom is 0.187 e. The lowest BCUT2D eigenvalue weighted by Crippen LogP contribution is -2.42. The van der Waals surface area contributed by atoms with E-state index in [9.17, 15) is 5.11 Å². The number of aliphatic hydroxyl groups is 1. The Hall–Kier alpha value is -0.650. The fourth-order valence-corrected chi connectivity index (χ4v) is 2.73. The van der Waals surface area contributed by atoms with Crippen LogP contribution in [0.2, 0.25) is 0 Å². The number of nitrogens with zero attached hydrogens (tertiary/aromatic N) is 2. The van der Waals surface area contributed by atoms with Gasteiger partial charge in [-0.1, -0.05) is 11.8 Å². The minimum atomic E-state index is -0.738. The standard InChI is InChI=1S/C11H17N3OS/c1-8-4-5-13-10(14-8)16-7-11(15,6-12)9-2-3-9/h4-5,9,15H,2-3,6-7,12H2,1H3.